The number of aromatic hydroxyl groups is 1. The van der Waals surface area contributed by atoms with E-state index in [2.05, 4.69) is 53.7 Å². The summed E-state index contributed by atoms with van der Waals surface area (Å²) in [5, 5.41) is 10.6. The molecule has 1 aromatic carbocycles. The van der Waals surface area contributed by atoms with Gasteiger partial charge in [-0.25, -0.2) is 0 Å². The molecule has 0 aromatic heterocycles. The van der Waals surface area contributed by atoms with Gasteiger partial charge in [-0.15, -0.1) is 0 Å². The maximum Gasteiger partial charge on any atom is 0.132 e. The molecule has 0 fully saturated rings. The van der Waals surface area contributed by atoms with Gasteiger partial charge in [0.2, 0.25) is 0 Å². The Kier molecular flexibility index (Phi) is 5.25. The smallest absolute Gasteiger partial charge is 0.132 e. The van der Waals surface area contributed by atoms with Crippen LogP contribution in [0, 0.1) is 0 Å². The molecule has 0 unspecified atom stereocenters. The number of ketones is 1. The minimum Gasteiger partial charge on any atom is -0.507 e. The van der Waals surface area contributed by atoms with Crippen molar-refractivity contribution in [2.45, 2.75) is 78.6 Å². The lowest BCUT2D eigenvalue weighted by Gasteiger charge is -2.28. The van der Waals surface area contributed by atoms with E-state index in [0.717, 1.165) is 23.1 Å². The molecule has 2 nitrogen and oxygen atoms in total. The summed E-state index contributed by atoms with van der Waals surface area (Å²) < 4.78 is 0. The molecule has 0 aliphatic rings. The molecule has 0 spiro atoms. The molecule has 0 aliphatic heterocycles. The summed E-state index contributed by atoms with van der Waals surface area (Å²) in [6, 6.07) is 4.13. The van der Waals surface area contributed by atoms with E-state index >= 15 is 0 Å². The number of carbonyl (C=O) groups excluding carboxylic acids is 1. The molecule has 0 saturated heterocycles. The van der Waals surface area contributed by atoms with Crippen LogP contribution in [-0.4, -0.2) is 10.9 Å². The number of phenols is 1. The van der Waals surface area contributed by atoms with Crippen LogP contribution >= 0.6 is 0 Å². The van der Waals surface area contributed by atoms with Crippen LogP contribution in [0.2, 0.25) is 0 Å². The zero-order valence-electron chi connectivity index (χ0n) is 14.6. The second-order valence-corrected chi connectivity index (χ2v) is 7.93. The van der Waals surface area contributed by atoms with Crippen LogP contribution in [0.4, 0.5) is 0 Å². The second-order valence-electron chi connectivity index (χ2n) is 7.93. The highest BCUT2D eigenvalue weighted by Crippen LogP contribution is 2.39. The van der Waals surface area contributed by atoms with Gasteiger partial charge in [-0.1, -0.05) is 60.6 Å². The van der Waals surface area contributed by atoms with E-state index < -0.39 is 0 Å². The summed E-state index contributed by atoms with van der Waals surface area (Å²) in [4.78, 5) is 11.6. The standard InChI is InChI=1S/C19H30O2/c1-8-14(20)10-9-13-11-15(18(2,3)4)17(21)16(12-13)19(5,6)7/h11-12,21H,8-10H2,1-7H3. The Labute approximate surface area is 129 Å². The van der Waals surface area contributed by atoms with Crippen LogP contribution in [-0.2, 0) is 22.0 Å². The highest BCUT2D eigenvalue weighted by atomic mass is 16.3. The van der Waals surface area contributed by atoms with Gasteiger partial charge in [-0.05, 0) is 33.9 Å². The molecule has 21 heavy (non-hydrogen) atoms. The molecule has 0 saturated carbocycles. The van der Waals surface area contributed by atoms with Crippen LogP contribution < -0.4 is 0 Å². The predicted octanol–water partition coefficient (Wildman–Crippen LogP) is 4.90. The van der Waals surface area contributed by atoms with Crippen LogP contribution in [0.25, 0.3) is 0 Å². The van der Waals surface area contributed by atoms with Gasteiger partial charge >= 0.3 is 0 Å². The number of carbonyl (C=O) groups is 1. The van der Waals surface area contributed by atoms with Crippen molar-refractivity contribution >= 4 is 5.78 Å². The average Bonchev–Trinajstić information content (AvgIpc) is 2.34. The van der Waals surface area contributed by atoms with Crippen molar-refractivity contribution in [3.8, 4) is 5.75 Å². The van der Waals surface area contributed by atoms with Gasteiger partial charge < -0.3 is 5.11 Å². The number of Topliss-reactive ketones (excluding diaryl/α,β-unsaturated/α-hetero) is 1. The van der Waals surface area contributed by atoms with Gasteiger partial charge in [0.1, 0.15) is 11.5 Å². The molecule has 0 bridgehead atoms. The Morgan fingerprint density at radius 2 is 1.43 bits per heavy atom. The van der Waals surface area contributed by atoms with Crippen molar-refractivity contribution in [1.82, 2.24) is 0 Å². The van der Waals surface area contributed by atoms with Gasteiger partial charge in [-0.3, -0.25) is 4.79 Å². The third kappa shape index (κ3) is 4.59. The van der Waals surface area contributed by atoms with Gasteiger partial charge in [0.15, 0.2) is 0 Å². The Morgan fingerprint density at radius 3 is 1.76 bits per heavy atom. The Bertz CT molecular complexity index is 478. The first-order valence-corrected chi connectivity index (χ1v) is 7.85. The first-order valence-electron chi connectivity index (χ1n) is 7.85. The number of aryl methyl sites for hydroxylation is 1. The molecule has 0 aliphatic carbocycles. The molecule has 1 N–H and O–H groups in total. The first-order chi connectivity index (χ1) is 9.46. The number of benzene rings is 1. The Balaban J connectivity index is 3.31. The fraction of sp³-hybridized carbons (Fsp3) is 0.632. The highest BCUT2D eigenvalue weighted by Gasteiger charge is 2.26. The zero-order chi connectivity index (χ0) is 16.4. The number of phenolic OH excluding ortho intramolecular Hbond substituents is 1. The van der Waals surface area contributed by atoms with Crippen molar-refractivity contribution in [1.29, 1.82) is 0 Å². The summed E-state index contributed by atoms with van der Waals surface area (Å²) in [6.07, 6.45) is 1.92. The van der Waals surface area contributed by atoms with Crippen LogP contribution in [0.5, 0.6) is 5.75 Å². The summed E-state index contributed by atoms with van der Waals surface area (Å²) >= 11 is 0. The van der Waals surface area contributed by atoms with Crippen molar-refractivity contribution in [2.75, 3.05) is 0 Å². The van der Waals surface area contributed by atoms with E-state index in [4.69, 9.17) is 0 Å². The molecular formula is C19H30O2. The molecule has 1 aromatic rings. The molecule has 118 valence electrons. The maximum absolute atomic E-state index is 11.6. The quantitative estimate of drug-likeness (QED) is 0.856. The van der Waals surface area contributed by atoms with E-state index in [0.29, 0.717) is 18.6 Å². The van der Waals surface area contributed by atoms with Crippen molar-refractivity contribution in [3.05, 3.63) is 28.8 Å². The lowest BCUT2D eigenvalue weighted by atomic mass is 9.78. The average molecular weight is 290 g/mol. The fourth-order valence-corrected chi connectivity index (χ4v) is 2.44. The zero-order valence-corrected chi connectivity index (χ0v) is 14.6. The normalized spacial score (nSPS) is 12.5. The monoisotopic (exact) mass is 290 g/mol. The largest absolute Gasteiger partial charge is 0.507 e. The second kappa shape index (κ2) is 6.21. The molecule has 0 heterocycles. The molecule has 1 rings (SSSR count). The number of rotatable bonds is 4. The minimum atomic E-state index is -0.116. The topological polar surface area (TPSA) is 37.3 Å². The third-order valence-corrected chi connectivity index (χ3v) is 3.87. The number of hydrogen-bond donors (Lipinski definition) is 1. The van der Waals surface area contributed by atoms with E-state index in [1.54, 1.807) is 0 Å². The van der Waals surface area contributed by atoms with Crippen LogP contribution in [0.15, 0.2) is 12.1 Å². The van der Waals surface area contributed by atoms with E-state index in [1.165, 1.54) is 0 Å². The van der Waals surface area contributed by atoms with E-state index in [-0.39, 0.29) is 16.6 Å². The van der Waals surface area contributed by atoms with Crippen molar-refractivity contribution < 1.29 is 9.90 Å². The van der Waals surface area contributed by atoms with Gasteiger partial charge in [-0.2, -0.15) is 0 Å². The van der Waals surface area contributed by atoms with Gasteiger partial charge in [0, 0.05) is 12.8 Å². The Hall–Kier alpha value is -1.31. The highest BCUT2D eigenvalue weighted by molar-refractivity contribution is 5.78. The molecule has 2 heteroatoms. The summed E-state index contributed by atoms with van der Waals surface area (Å²) in [7, 11) is 0. The Morgan fingerprint density at radius 1 is 1.00 bits per heavy atom. The lowest BCUT2D eigenvalue weighted by Crippen LogP contribution is -2.18. The number of hydrogen-bond acceptors (Lipinski definition) is 2. The lowest BCUT2D eigenvalue weighted by molar-refractivity contribution is -0.118. The van der Waals surface area contributed by atoms with E-state index in [1.807, 2.05) is 6.92 Å². The molecule has 0 amide bonds. The summed E-state index contributed by atoms with van der Waals surface area (Å²) in [6.45, 7) is 14.5. The third-order valence-electron chi connectivity index (χ3n) is 3.87. The molecule has 0 radical (unpaired) electrons. The summed E-state index contributed by atoms with van der Waals surface area (Å²) in [5.41, 5.74) is 2.84. The van der Waals surface area contributed by atoms with Crippen LogP contribution in [0.3, 0.4) is 0 Å². The molecule has 0 atom stereocenters. The molecular weight excluding hydrogens is 260 g/mol. The summed E-state index contributed by atoms with van der Waals surface area (Å²) in [5.74, 6) is 0.693. The maximum atomic E-state index is 11.6. The van der Waals surface area contributed by atoms with E-state index in [9.17, 15) is 9.90 Å². The van der Waals surface area contributed by atoms with Crippen molar-refractivity contribution in [2.24, 2.45) is 0 Å². The van der Waals surface area contributed by atoms with Crippen molar-refractivity contribution in [3.63, 3.8) is 0 Å². The SMILES string of the molecule is CCC(=O)CCc1cc(C(C)(C)C)c(O)c(C(C)(C)C)c1. The minimum absolute atomic E-state index is 0.116. The van der Waals surface area contributed by atoms with Crippen LogP contribution in [0.1, 0.15) is 78.0 Å². The van der Waals surface area contributed by atoms with Gasteiger partial charge in [0.25, 0.3) is 0 Å². The van der Waals surface area contributed by atoms with Gasteiger partial charge in [0.05, 0.1) is 0 Å². The predicted molar refractivity (Wildman–Crippen MR) is 89.1 cm³/mol. The fourth-order valence-electron chi connectivity index (χ4n) is 2.44. The first kappa shape index (κ1) is 17.7.